The molecular formula is C10H19N3O4. The summed E-state index contributed by atoms with van der Waals surface area (Å²) in [6.45, 7) is 2.29. The summed E-state index contributed by atoms with van der Waals surface area (Å²) in [6.07, 6.45) is -0.423. The number of carboxylic acids is 1. The van der Waals surface area contributed by atoms with E-state index in [0.29, 0.717) is 13.1 Å². The fraction of sp³-hybridized carbons (Fsp3) is 0.700. The van der Waals surface area contributed by atoms with E-state index in [4.69, 9.17) is 5.11 Å². The van der Waals surface area contributed by atoms with Crippen LogP contribution in [0.2, 0.25) is 0 Å². The van der Waals surface area contributed by atoms with Crippen LogP contribution in [0.25, 0.3) is 0 Å². The Morgan fingerprint density at radius 1 is 1.29 bits per heavy atom. The van der Waals surface area contributed by atoms with Gasteiger partial charge >= 0.3 is 5.97 Å². The van der Waals surface area contributed by atoms with Crippen LogP contribution in [0.15, 0.2) is 0 Å². The molecule has 0 aromatic heterocycles. The molecule has 0 spiro atoms. The quantitative estimate of drug-likeness (QED) is 0.515. The van der Waals surface area contributed by atoms with Gasteiger partial charge in [0.15, 0.2) is 0 Å². The zero-order valence-electron chi connectivity index (χ0n) is 10.3. The number of carbonyl (C=O) groups excluding carboxylic acids is 2. The van der Waals surface area contributed by atoms with Crippen molar-refractivity contribution in [2.45, 2.75) is 19.4 Å². The minimum absolute atomic E-state index is 0.404. The summed E-state index contributed by atoms with van der Waals surface area (Å²) in [6, 6.07) is -1.02. The van der Waals surface area contributed by atoms with Crippen molar-refractivity contribution in [2.24, 2.45) is 0 Å². The third kappa shape index (κ3) is 8.21. The van der Waals surface area contributed by atoms with E-state index in [1.54, 1.807) is 0 Å². The summed E-state index contributed by atoms with van der Waals surface area (Å²) >= 11 is 0. The molecule has 0 fully saturated rings. The van der Waals surface area contributed by atoms with Gasteiger partial charge < -0.3 is 20.6 Å². The lowest BCUT2D eigenvalue weighted by Crippen LogP contribution is -2.48. The van der Waals surface area contributed by atoms with E-state index < -0.39 is 30.2 Å². The third-order valence-corrected chi connectivity index (χ3v) is 1.93. The normalized spacial score (nSPS) is 12.0. The molecule has 0 aliphatic rings. The van der Waals surface area contributed by atoms with E-state index in [-0.39, 0.29) is 0 Å². The predicted octanol–water partition coefficient (Wildman–Crippen LogP) is -1.36. The summed E-state index contributed by atoms with van der Waals surface area (Å²) < 4.78 is 0. The molecule has 0 heterocycles. The number of nitrogens with one attached hydrogen (secondary N) is 2. The molecular weight excluding hydrogens is 226 g/mol. The Morgan fingerprint density at radius 2 is 1.88 bits per heavy atom. The van der Waals surface area contributed by atoms with Crippen LogP contribution in [-0.2, 0) is 14.4 Å². The second-order valence-electron chi connectivity index (χ2n) is 3.95. The SMILES string of the molecule is CC(=O)NC(CC(=O)O)C(=O)NCCN(C)C. The summed E-state index contributed by atoms with van der Waals surface area (Å²) in [5.41, 5.74) is 0. The van der Waals surface area contributed by atoms with Gasteiger partial charge in [-0.05, 0) is 14.1 Å². The zero-order chi connectivity index (χ0) is 13.4. The fourth-order valence-electron chi connectivity index (χ4n) is 1.16. The highest BCUT2D eigenvalue weighted by Gasteiger charge is 2.21. The molecule has 2 amide bonds. The van der Waals surface area contributed by atoms with Crippen LogP contribution in [0, 0.1) is 0 Å². The Kier molecular flexibility index (Phi) is 6.88. The summed E-state index contributed by atoms with van der Waals surface area (Å²) in [5, 5.41) is 13.5. The highest BCUT2D eigenvalue weighted by atomic mass is 16.4. The second-order valence-corrected chi connectivity index (χ2v) is 3.95. The van der Waals surface area contributed by atoms with E-state index in [9.17, 15) is 14.4 Å². The lowest BCUT2D eigenvalue weighted by Gasteiger charge is -2.16. The molecule has 0 radical (unpaired) electrons. The Bertz CT molecular complexity index is 275. The Hall–Kier alpha value is -1.63. The largest absolute Gasteiger partial charge is 0.481 e. The van der Waals surface area contributed by atoms with Crippen LogP contribution in [0.1, 0.15) is 13.3 Å². The number of carbonyl (C=O) groups is 3. The van der Waals surface area contributed by atoms with Crippen molar-refractivity contribution in [3.05, 3.63) is 0 Å². The number of nitrogens with zero attached hydrogens (tertiary/aromatic N) is 1. The molecule has 0 bridgehead atoms. The molecule has 17 heavy (non-hydrogen) atoms. The number of hydrogen-bond donors (Lipinski definition) is 3. The van der Waals surface area contributed by atoms with Crippen molar-refractivity contribution in [2.75, 3.05) is 27.2 Å². The molecule has 3 N–H and O–H groups in total. The summed E-state index contributed by atoms with van der Waals surface area (Å²) in [7, 11) is 3.71. The summed E-state index contributed by atoms with van der Waals surface area (Å²) in [5.74, 6) is -2.05. The fourth-order valence-corrected chi connectivity index (χ4v) is 1.16. The van der Waals surface area contributed by atoms with Gasteiger partial charge in [-0.2, -0.15) is 0 Å². The van der Waals surface area contributed by atoms with Crippen LogP contribution >= 0.6 is 0 Å². The van der Waals surface area contributed by atoms with E-state index in [1.807, 2.05) is 19.0 Å². The maximum atomic E-state index is 11.6. The van der Waals surface area contributed by atoms with Crippen molar-refractivity contribution >= 4 is 17.8 Å². The van der Waals surface area contributed by atoms with E-state index in [2.05, 4.69) is 10.6 Å². The molecule has 7 heteroatoms. The van der Waals surface area contributed by atoms with Gasteiger partial charge in [0.25, 0.3) is 0 Å². The van der Waals surface area contributed by atoms with Crippen molar-refractivity contribution in [1.82, 2.24) is 15.5 Å². The van der Waals surface area contributed by atoms with E-state index in [1.165, 1.54) is 6.92 Å². The van der Waals surface area contributed by atoms with E-state index in [0.717, 1.165) is 0 Å². The standard InChI is InChI=1S/C10H19N3O4/c1-7(14)12-8(6-9(15)16)10(17)11-4-5-13(2)3/h8H,4-6H2,1-3H3,(H,11,17)(H,12,14)(H,15,16). The molecule has 0 saturated heterocycles. The third-order valence-electron chi connectivity index (χ3n) is 1.93. The number of aliphatic carboxylic acids is 1. The molecule has 98 valence electrons. The number of amides is 2. The van der Waals surface area contributed by atoms with Crippen molar-refractivity contribution in [1.29, 1.82) is 0 Å². The first kappa shape index (κ1) is 15.4. The first-order valence-electron chi connectivity index (χ1n) is 5.24. The lowest BCUT2D eigenvalue weighted by atomic mass is 10.2. The molecule has 0 aliphatic heterocycles. The average molecular weight is 245 g/mol. The van der Waals surface area contributed by atoms with Gasteiger partial charge in [0.1, 0.15) is 6.04 Å². The molecule has 0 saturated carbocycles. The first-order valence-corrected chi connectivity index (χ1v) is 5.24. The molecule has 1 atom stereocenters. The van der Waals surface area contributed by atoms with Gasteiger partial charge in [0.05, 0.1) is 6.42 Å². The van der Waals surface area contributed by atoms with Crippen LogP contribution in [0.5, 0.6) is 0 Å². The topological polar surface area (TPSA) is 98.7 Å². The number of rotatable bonds is 7. The number of carboxylic acid groups (broad SMARTS) is 1. The van der Waals surface area contributed by atoms with Crippen LogP contribution < -0.4 is 10.6 Å². The minimum Gasteiger partial charge on any atom is -0.481 e. The monoisotopic (exact) mass is 245 g/mol. The van der Waals surface area contributed by atoms with Gasteiger partial charge in [-0.25, -0.2) is 0 Å². The Labute approximate surface area is 100 Å². The summed E-state index contributed by atoms with van der Waals surface area (Å²) in [4.78, 5) is 34.8. The van der Waals surface area contributed by atoms with Crippen LogP contribution in [0.4, 0.5) is 0 Å². The Balaban J connectivity index is 4.22. The average Bonchev–Trinajstić information content (AvgIpc) is 2.14. The molecule has 7 nitrogen and oxygen atoms in total. The van der Waals surface area contributed by atoms with Crippen molar-refractivity contribution in [3.63, 3.8) is 0 Å². The predicted molar refractivity (Wildman–Crippen MR) is 61.4 cm³/mol. The Morgan fingerprint density at radius 3 is 2.29 bits per heavy atom. The molecule has 0 aliphatic carbocycles. The first-order chi connectivity index (χ1) is 7.82. The molecule has 1 unspecified atom stereocenters. The highest BCUT2D eigenvalue weighted by molar-refractivity contribution is 5.90. The zero-order valence-corrected chi connectivity index (χ0v) is 10.3. The number of likely N-dealkylation sites (N-methyl/N-ethyl adjacent to an activating group) is 1. The highest BCUT2D eigenvalue weighted by Crippen LogP contribution is 1.93. The minimum atomic E-state index is -1.13. The van der Waals surface area contributed by atoms with Crippen LogP contribution in [0.3, 0.4) is 0 Å². The van der Waals surface area contributed by atoms with Crippen molar-refractivity contribution < 1.29 is 19.5 Å². The second kappa shape index (κ2) is 7.61. The molecule has 0 aromatic rings. The lowest BCUT2D eigenvalue weighted by molar-refractivity contribution is -0.140. The number of hydrogen-bond acceptors (Lipinski definition) is 4. The molecule has 0 rings (SSSR count). The van der Waals surface area contributed by atoms with Gasteiger partial charge in [0.2, 0.25) is 11.8 Å². The van der Waals surface area contributed by atoms with E-state index >= 15 is 0 Å². The smallest absolute Gasteiger partial charge is 0.305 e. The van der Waals surface area contributed by atoms with Gasteiger partial charge in [-0.1, -0.05) is 0 Å². The maximum Gasteiger partial charge on any atom is 0.305 e. The van der Waals surface area contributed by atoms with Gasteiger partial charge in [0, 0.05) is 20.0 Å². The van der Waals surface area contributed by atoms with Gasteiger partial charge in [-0.15, -0.1) is 0 Å². The van der Waals surface area contributed by atoms with Crippen molar-refractivity contribution in [3.8, 4) is 0 Å². The van der Waals surface area contributed by atoms with Gasteiger partial charge in [-0.3, -0.25) is 14.4 Å². The maximum absolute atomic E-state index is 11.6. The molecule has 0 aromatic carbocycles. The van der Waals surface area contributed by atoms with Crippen LogP contribution in [-0.4, -0.2) is 61.0 Å².